The molecule has 2 unspecified atom stereocenters. The molecule has 1 aromatic rings. The van der Waals surface area contributed by atoms with E-state index in [1.165, 1.54) is 24.0 Å². The Bertz CT molecular complexity index is 371. The minimum atomic E-state index is 0.414. The van der Waals surface area contributed by atoms with Crippen molar-refractivity contribution >= 4 is 0 Å². The summed E-state index contributed by atoms with van der Waals surface area (Å²) < 4.78 is 10.8. The molecular formula is C17H27NO2. The van der Waals surface area contributed by atoms with Gasteiger partial charge in [0.2, 0.25) is 0 Å². The van der Waals surface area contributed by atoms with Crippen molar-refractivity contribution in [1.82, 2.24) is 5.32 Å². The fraction of sp³-hybridized carbons (Fsp3) is 0.647. The third-order valence-electron chi connectivity index (χ3n) is 4.02. The Hall–Kier alpha value is -0.900. The molecule has 0 bridgehead atoms. The summed E-state index contributed by atoms with van der Waals surface area (Å²) >= 11 is 0. The molecule has 0 radical (unpaired) electrons. The van der Waals surface area contributed by atoms with Gasteiger partial charge in [0.1, 0.15) is 0 Å². The average Bonchev–Trinajstić information content (AvgIpc) is 2.52. The normalized spacial score (nSPS) is 20.8. The third kappa shape index (κ3) is 4.30. The molecule has 3 nitrogen and oxygen atoms in total. The second-order valence-corrected chi connectivity index (χ2v) is 5.50. The summed E-state index contributed by atoms with van der Waals surface area (Å²) in [4.78, 5) is 0. The van der Waals surface area contributed by atoms with Gasteiger partial charge in [0.05, 0.1) is 13.2 Å². The predicted octanol–water partition coefficient (Wildman–Crippen LogP) is 2.95. The lowest BCUT2D eigenvalue weighted by Crippen LogP contribution is -2.33. The predicted molar refractivity (Wildman–Crippen MR) is 82.0 cm³/mol. The molecule has 2 atom stereocenters. The quantitative estimate of drug-likeness (QED) is 0.831. The minimum Gasteiger partial charge on any atom is -0.384 e. The molecule has 1 aromatic carbocycles. The Morgan fingerprint density at radius 3 is 2.75 bits per heavy atom. The molecule has 0 spiro atoms. The van der Waals surface area contributed by atoms with Crippen molar-refractivity contribution in [3.05, 3.63) is 35.4 Å². The zero-order chi connectivity index (χ0) is 14.2. The third-order valence-corrected chi connectivity index (χ3v) is 4.02. The first-order chi connectivity index (χ1) is 9.85. The van der Waals surface area contributed by atoms with Gasteiger partial charge in [0.15, 0.2) is 0 Å². The summed E-state index contributed by atoms with van der Waals surface area (Å²) in [6.45, 7) is 5.75. The molecule has 112 valence electrons. The van der Waals surface area contributed by atoms with Crippen LogP contribution >= 0.6 is 0 Å². The number of ether oxygens (including phenoxy) is 2. The van der Waals surface area contributed by atoms with Gasteiger partial charge in [-0.1, -0.05) is 31.2 Å². The van der Waals surface area contributed by atoms with Crippen LogP contribution in [0.2, 0.25) is 0 Å². The van der Waals surface area contributed by atoms with Gasteiger partial charge in [-0.05, 0) is 36.9 Å². The van der Waals surface area contributed by atoms with Crippen LogP contribution in [0.25, 0.3) is 0 Å². The van der Waals surface area contributed by atoms with Gasteiger partial charge in [-0.3, -0.25) is 0 Å². The number of methoxy groups -OCH3 is 1. The van der Waals surface area contributed by atoms with E-state index in [2.05, 4.69) is 36.5 Å². The number of benzene rings is 1. The lowest BCUT2D eigenvalue weighted by molar-refractivity contribution is 0.0393. The summed E-state index contributed by atoms with van der Waals surface area (Å²) in [5.41, 5.74) is 2.72. The van der Waals surface area contributed by atoms with Crippen LogP contribution in [0.4, 0.5) is 0 Å². The SMILES string of the molecule is CCNC(c1ccc(CCOC)cc1)C1CCCOC1. The molecular weight excluding hydrogens is 250 g/mol. The van der Waals surface area contributed by atoms with Crippen molar-refractivity contribution in [2.24, 2.45) is 5.92 Å². The van der Waals surface area contributed by atoms with Gasteiger partial charge in [0.25, 0.3) is 0 Å². The van der Waals surface area contributed by atoms with Crippen LogP contribution in [0.5, 0.6) is 0 Å². The van der Waals surface area contributed by atoms with Gasteiger partial charge >= 0.3 is 0 Å². The molecule has 1 fully saturated rings. The van der Waals surface area contributed by atoms with Crippen molar-refractivity contribution in [1.29, 1.82) is 0 Å². The maximum atomic E-state index is 5.65. The number of hydrogen-bond donors (Lipinski definition) is 1. The van der Waals surface area contributed by atoms with Crippen molar-refractivity contribution in [2.75, 3.05) is 33.5 Å². The van der Waals surface area contributed by atoms with E-state index in [1.807, 2.05) is 0 Å². The molecule has 0 amide bonds. The molecule has 1 aliphatic rings. The fourth-order valence-electron chi connectivity index (χ4n) is 2.92. The van der Waals surface area contributed by atoms with Crippen LogP contribution < -0.4 is 5.32 Å². The second kappa shape index (κ2) is 8.40. The molecule has 2 rings (SSSR count). The zero-order valence-electron chi connectivity index (χ0n) is 12.7. The molecule has 0 aromatic heterocycles. The van der Waals surface area contributed by atoms with E-state index in [0.29, 0.717) is 12.0 Å². The Morgan fingerprint density at radius 2 is 2.15 bits per heavy atom. The molecule has 1 heterocycles. The van der Waals surface area contributed by atoms with Gasteiger partial charge in [-0.25, -0.2) is 0 Å². The Labute approximate surface area is 122 Å². The Balaban J connectivity index is 2.04. The van der Waals surface area contributed by atoms with Gasteiger partial charge in [-0.15, -0.1) is 0 Å². The van der Waals surface area contributed by atoms with E-state index in [-0.39, 0.29) is 0 Å². The number of rotatable bonds is 7. The first-order valence-corrected chi connectivity index (χ1v) is 7.74. The summed E-state index contributed by atoms with van der Waals surface area (Å²) in [5.74, 6) is 0.591. The van der Waals surface area contributed by atoms with Gasteiger partial charge in [-0.2, -0.15) is 0 Å². The highest BCUT2D eigenvalue weighted by molar-refractivity contribution is 5.26. The Kier molecular flexibility index (Phi) is 6.51. The second-order valence-electron chi connectivity index (χ2n) is 5.50. The van der Waals surface area contributed by atoms with Gasteiger partial charge < -0.3 is 14.8 Å². The largest absolute Gasteiger partial charge is 0.384 e. The molecule has 0 aliphatic carbocycles. The smallest absolute Gasteiger partial charge is 0.0512 e. The van der Waals surface area contributed by atoms with Crippen LogP contribution in [0, 0.1) is 5.92 Å². The van der Waals surface area contributed by atoms with E-state index in [4.69, 9.17) is 9.47 Å². The van der Waals surface area contributed by atoms with E-state index >= 15 is 0 Å². The highest BCUT2D eigenvalue weighted by Gasteiger charge is 2.24. The monoisotopic (exact) mass is 277 g/mol. The minimum absolute atomic E-state index is 0.414. The van der Waals surface area contributed by atoms with Crippen molar-refractivity contribution in [3.8, 4) is 0 Å². The highest BCUT2D eigenvalue weighted by atomic mass is 16.5. The van der Waals surface area contributed by atoms with Crippen LogP contribution in [0.3, 0.4) is 0 Å². The van der Waals surface area contributed by atoms with E-state index in [1.54, 1.807) is 7.11 Å². The van der Waals surface area contributed by atoms with E-state index in [0.717, 1.165) is 32.8 Å². The summed E-state index contributed by atoms with van der Waals surface area (Å²) in [7, 11) is 1.75. The van der Waals surface area contributed by atoms with Crippen molar-refractivity contribution < 1.29 is 9.47 Å². The summed E-state index contributed by atoms with van der Waals surface area (Å²) in [5, 5.41) is 3.63. The van der Waals surface area contributed by atoms with Crippen LogP contribution in [0.15, 0.2) is 24.3 Å². The maximum absolute atomic E-state index is 5.65. The molecule has 1 saturated heterocycles. The topological polar surface area (TPSA) is 30.5 Å². The van der Waals surface area contributed by atoms with E-state index in [9.17, 15) is 0 Å². The fourth-order valence-corrected chi connectivity index (χ4v) is 2.92. The molecule has 20 heavy (non-hydrogen) atoms. The lowest BCUT2D eigenvalue weighted by atomic mass is 9.88. The average molecular weight is 277 g/mol. The Morgan fingerprint density at radius 1 is 1.35 bits per heavy atom. The molecule has 3 heteroatoms. The number of nitrogens with one attached hydrogen (secondary N) is 1. The summed E-state index contributed by atoms with van der Waals surface area (Å²) in [6.07, 6.45) is 3.41. The molecule has 1 aliphatic heterocycles. The highest BCUT2D eigenvalue weighted by Crippen LogP contribution is 2.29. The zero-order valence-corrected chi connectivity index (χ0v) is 12.7. The standard InChI is InChI=1S/C17H27NO2/c1-3-18-17(16-5-4-11-20-13-16)15-8-6-14(7-9-15)10-12-19-2/h6-9,16-18H,3-5,10-13H2,1-2H3. The first kappa shape index (κ1) is 15.5. The van der Waals surface area contributed by atoms with E-state index < -0.39 is 0 Å². The maximum Gasteiger partial charge on any atom is 0.0512 e. The number of hydrogen-bond acceptors (Lipinski definition) is 3. The first-order valence-electron chi connectivity index (χ1n) is 7.74. The molecule has 1 N–H and O–H groups in total. The van der Waals surface area contributed by atoms with Crippen LogP contribution in [-0.2, 0) is 15.9 Å². The van der Waals surface area contributed by atoms with Crippen molar-refractivity contribution in [3.63, 3.8) is 0 Å². The summed E-state index contributed by atoms with van der Waals surface area (Å²) in [6, 6.07) is 9.38. The molecule has 0 saturated carbocycles. The lowest BCUT2D eigenvalue weighted by Gasteiger charge is -2.31. The van der Waals surface area contributed by atoms with Crippen LogP contribution in [-0.4, -0.2) is 33.5 Å². The van der Waals surface area contributed by atoms with Gasteiger partial charge in [0, 0.05) is 25.7 Å². The van der Waals surface area contributed by atoms with Crippen molar-refractivity contribution in [2.45, 2.75) is 32.2 Å². The van der Waals surface area contributed by atoms with Crippen LogP contribution in [0.1, 0.15) is 36.9 Å².